The van der Waals surface area contributed by atoms with Gasteiger partial charge in [-0.1, -0.05) is 28.1 Å². The lowest BCUT2D eigenvalue weighted by Gasteiger charge is -2.07. The molecule has 0 saturated heterocycles. The zero-order chi connectivity index (χ0) is 12.1. The number of aromatic nitrogens is 1. The van der Waals surface area contributed by atoms with Crippen LogP contribution in [0.5, 0.6) is 5.75 Å². The van der Waals surface area contributed by atoms with E-state index in [2.05, 4.69) is 26.3 Å². The number of nitrogens with zero attached hydrogens (tertiary/aromatic N) is 1. The van der Waals surface area contributed by atoms with Gasteiger partial charge in [0.1, 0.15) is 18.2 Å². The quantitative estimate of drug-likeness (QED) is 0.672. The van der Waals surface area contributed by atoms with Crippen LogP contribution in [0.15, 0.2) is 47.1 Å². The first kappa shape index (κ1) is 11.9. The molecule has 0 amide bonds. The van der Waals surface area contributed by atoms with Crippen molar-refractivity contribution in [2.75, 3.05) is 5.43 Å². The molecule has 1 aromatic carbocycles. The molecule has 2 rings (SSSR count). The second-order valence-electron chi connectivity index (χ2n) is 3.44. The predicted molar refractivity (Wildman–Crippen MR) is 70.5 cm³/mol. The largest absolute Gasteiger partial charge is 0.489 e. The molecule has 0 bridgehead atoms. The normalized spacial score (nSPS) is 10.0. The first-order chi connectivity index (χ1) is 8.28. The summed E-state index contributed by atoms with van der Waals surface area (Å²) in [6.45, 7) is 0.515. The van der Waals surface area contributed by atoms with Crippen LogP contribution in [0.4, 0.5) is 5.82 Å². The average Bonchev–Trinajstić information content (AvgIpc) is 2.38. The van der Waals surface area contributed by atoms with Crippen molar-refractivity contribution in [3.63, 3.8) is 0 Å². The van der Waals surface area contributed by atoms with Crippen LogP contribution in [0.1, 0.15) is 5.56 Å². The van der Waals surface area contributed by atoms with Gasteiger partial charge in [0.15, 0.2) is 0 Å². The van der Waals surface area contributed by atoms with E-state index in [1.807, 2.05) is 24.3 Å². The van der Waals surface area contributed by atoms with Crippen molar-refractivity contribution in [3.05, 3.63) is 52.6 Å². The van der Waals surface area contributed by atoms with Crippen molar-refractivity contribution < 1.29 is 4.74 Å². The third kappa shape index (κ3) is 3.44. The predicted octanol–water partition coefficient (Wildman–Crippen LogP) is 2.71. The molecule has 4 nitrogen and oxygen atoms in total. The summed E-state index contributed by atoms with van der Waals surface area (Å²) in [5, 5.41) is 0. The summed E-state index contributed by atoms with van der Waals surface area (Å²) < 4.78 is 6.68. The molecular formula is C12H12BrN3O. The fourth-order valence-electron chi connectivity index (χ4n) is 1.33. The van der Waals surface area contributed by atoms with Crippen LogP contribution in [-0.4, -0.2) is 4.98 Å². The number of rotatable bonds is 4. The Kier molecular flexibility index (Phi) is 3.95. The Balaban J connectivity index is 1.99. The Hall–Kier alpha value is -1.59. The molecule has 1 heterocycles. The Bertz CT molecular complexity index is 487. The standard InChI is InChI=1S/C12H12BrN3O/c13-10-3-1-9(2-4-10)8-17-11-5-6-15-12(7-11)16-14/h1-7H,8,14H2,(H,15,16). The average molecular weight is 294 g/mol. The van der Waals surface area contributed by atoms with Crippen LogP contribution < -0.4 is 16.0 Å². The molecule has 0 radical (unpaired) electrons. The van der Waals surface area contributed by atoms with E-state index in [-0.39, 0.29) is 0 Å². The maximum atomic E-state index is 5.62. The molecular weight excluding hydrogens is 282 g/mol. The van der Waals surface area contributed by atoms with Crippen LogP contribution in [0.3, 0.4) is 0 Å². The first-order valence-electron chi connectivity index (χ1n) is 5.08. The number of anilines is 1. The molecule has 0 unspecified atom stereocenters. The van der Waals surface area contributed by atoms with E-state index in [0.717, 1.165) is 15.8 Å². The molecule has 0 atom stereocenters. The minimum Gasteiger partial charge on any atom is -0.489 e. The molecule has 0 aliphatic rings. The van der Waals surface area contributed by atoms with E-state index in [9.17, 15) is 0 Å². The second kappa shape index (κ2) is 5.65. The highest BCUT2D eigenvalue weighted by Gasteiger charge is 1.98. The maximum absolute atomic E-state index is 5.62. The Morgan fingerprint density at radius 2 is 2.00 bits per heavy atom. The molecule has 2 aromatic rings. The summed E-state index contributed by atoms with van der Waals surface area (Å²) in [6, 6.07) is 11.5. The summed E-state index contributed by atoms with van der Waals surface area (Å²) in [6.07, 6.45) is 1.64. The van der Waals surface area contributed by atoms with Crippen LogP contribution in [0, 0.1) is 0 Å². The van der Waals surface area contributed by atoms with E-state index in [4.69, 9.17) is 10.6 Å². The van der Waals surface area contributed by atoms with Gasteiger partial charge in [0.05, 0.1) is 0 Å². The Morgan fingerprint density at radius 3 is 2.71 bits per heavy atom. The van der Waals surface area contributed by atoms with Crippen molar-refractivity contribution in [1.82, 2.24) is 4.98 Å². The molecule has 17 heavy (non-hydrogen) atoms. The van der Waals surface area contributed by atoms with Gasteiger partial charge in [-0.2, -0.15) is 0 Å². The fraction of sp³-hybridized carbons (Fsp3) is 0.0833. The summed E-state index contributed by atoms with van der Waals surface area (Å²) in [4.78, 5) is 4.00. The molecule has 5 heteroatoms. The smallest absolute Gasteiger partial charge is 0.143 e. The van der Waals surface area contributed by atoms with Gasteiger partial charge in [-0.15, -0.1) is 0 Å². The van der Waals surface area contributed by atoms with Gasteiger partial charge in [0.2, 0.25) is 0 Å². The summed E-state index contributed by atoms with van der Waals surface area (Å²) in [5.41, 5.74) is 3.58. The minimum absolute atomic E-state index is 0.515. The van der Waals surface area contributed by atoms with E-state index < -0.39 is 0 Å². The SMILES string of the molecule is NNc1cc(OCc2ccc(Br)cc2)ccn1. The number of benzene rings is 1. The van der Waals surface area contributed by atoms with Crippen molar-refractivity contribution >= 4 is 21.7 Å². The lowest BCUT2D eigenvalue weighted by Crippen LogP contribution is -2.08. The first-order valence-corrected chi connectivity index (χ1v) is 5.87. The van der Waals surface area contributed by atoms with Gasteiger partial charge in [-0.05, 0) is 23.8 Å². The lowest BCUT2D eigenvalue weighted by atomic mass is 10.2. The second-order valence-corrected chi connectivity index (χ2v) is 4.35. The van der Waals surface area contributed by atoms with Crippen molar-refractivity contribution in [1.29, 1.82) is 0 Å². The fourth-order valence-corrected chi connectivity index (χ4v) is 1.59. The molecule has 3 N–H and O–H groups in total. The van der Waals surface area contributed by atoms with Gasteiger partial charge in [-0.25, -0.2) is 10.8 Å². The van der Waals surface area contributed by atoms with E-state index in [0.29, 0.717) is 12.4 Å². The third-order valence-electron chi connectivity index (χ3n) is 2.20. The highest BCUT2D eigenvalue weighted by molar-refractivity contribution is 9.10. The van der Waals surface area contributed by atoms with E-state index in [1.165, 1.54) is 0 Å². The molecule has 0 spiro atoms. The molecule has 88 valence electrons. The number of halogens is 1. The minimum atomic E-state index is 0.515. The number of nitrogen functional groups attached to an aromatic ring is 1. The van der Waals surface area contributed by atoms with Crippen LogP contribution in [0.2, 0.25) is 0 Å². The van der Waals surface area contributed by atoms with Crippen LogP contribution >= 0.6 is 15.9 Å². The number of hydrogen-bond donors (Lipinski definition) is 2. The summed E-state index contributed by atoms with van der Waals surface area (Å²) in [5.74, 6) is 6.58. The molecule has 0 fully saturated rings. The van der Waals surface area contributed by atoms with Gasteiger partial charge in [-0.3, -0.25) is 0 Å². The van der Waals surface area contributed by atoms with Crippen molar-refractivity contribution in [2.45, 2.75) is 6.61 Å². The summed E-state index contributed by atoms with van der Waals surface area (Å²) in [7, 11) is 0. The van der Waals surface area contributed by atoms with Crippen molar-refractivity contribution in [3.8, 4) is 5.75 Å². The van der Waals surface area contributed by atoms with Gasteiger partial charge in [0, 0.05) is 16.7 Å². The van der Waals surface area contributed by atoms with Crippen molar-refractivity contribution in [2.24, 2.45) is 5.84 Å². The number of hydrazine groups is 1. The number of pyridine rings is 1. The monoisotopic (exact) mass is 293 g/mol. The van der Waals surface area contributed by atoms with Crippen LogP contribution in [-0.2, 0) is 6.61 Å². The molecule has 1 aromatic heterocycles. The molecule has 0 aliphatic carbocycles. The van der Waals surface area contributed by atoms with Crippen LogP contribution in [0.25, 0.3) is 0 Å². The lowest BCUT2D eigenvalue weighted by molar-refractivity contribution is 0.306. The summed E-state index contributed by atoms with van der Waals surface area (Å²) >= 11 is 3.39. The highest BCUT2D eigenvalue weighted by atomic mass is 79.9. The number of ether oxygens (including phenoxy) is 1. The zero-order valence-corrected chi connectivity index (χ0v) is 10.6. The maximum Gasteiger partial charge on any atom is 0.143 e. The van der Waals surface area contributed by atoms with E-state index in [1.54, 1.807) is 18.3 Å². The molecule has 0 aliphatic heterocycles. The Morgan fingerprint density at radius 1 is 1.24 bits per heavy atom. The van der Waals surface area contributed by atoms with Gasteiger partial charge >= 0.3 is 0 Å². The van der Waals surface area contributed by atoms with Gasteiger partial charge < -0.3 is 10.2 Å². The molecule has 0 saturated carbocycles. The Labute approximate surface area is 108 Å². The third-order valence-corrected chi connectivity index (χ3v) is 2.73. The van der Waals surface area contributed by atoms with Gasteiger partial charge in [0.25, 0.3) is 0 Å². The number of hydrogen-bond acceptors (Lipinski definition) is 4. The van der Waals surface area contributed by atoms with E-state index >= 15 is 0 Å². The number of nitrogens with two attached hydrogens (primary N) is 1. The number of nitrogens with one attached hydrogen (secondary N) is 1. The topological polar surface area (TPSA) is 60.2 Å². The highest BCUT2D eigenvalue weighted by Crippen LogP contribution is 2.16. The zero-order valence-electron chi connectivity index (χ0n) is 9.06.